The van der Waals surface area contributed by atoms with Crippen LogP contribution in [0.3, 0.4) is 0 Å². The second-order valence-corrected chi connectivity index (χ2v) is 4.53. The number of aryl methyl sites for hydroxylation is 2. The van der Waals surface area contributed by atoms with Crippen LogP contribution in [0.25, 0.3) is 0 Å². The van der Waals surface area contributed by atoms with E-state index in [1.165, 1.54) is 11.1 Å². The van der Waals surface area contributed by atoms with Crippen molar-refractivity contribution in [3.8, 4) is 0 Å². The van der Waals surface area contributed by atoms with Crippen molar-refractivity contribution < 1.29 is 18.6 Å². The maximum Gasteiger partial charge on any atom is 0.261 e. The number of alkyl halides is 2. The van der Waals surface area contributed by atoms with Crippen LogP contribution in [-0.2, 0) is 11.2 Å². The molecular weight excluding hydrogens is 238 g/mol. The van der Waals surface area contributed by atoms with E-state index < -0.39 is 19.1 Å². The Morgan fingerprint density at radius 3 is 2.56 bits per heavy atom. The Balaban J connectivity index is 2.31. The Bertz CT molecular complexity index is 367. The second kappa shape index (κ2) is 7.44. The van der Waals surface area contributed by atoms with Gasteiger partial charge in [-0.25, -0.2) is 8.78 Å². The quantitative estimate of drug-likeness (QED) is 0.762. The van der Waals surface area contributed by atoms with Gasteiger partial charge in [-0.2, -0.15) is 0 Å². The first-order chi connectivity index (χ1) is 8.49. The van der Waals surface area contributed by atoms with Crippen LogP contribution in [-0.4, -0.2) is 30.8 Å². The normalized spacial score (nSPS) is 13.0. The molecule has 0 bridgehead atoms. The molecular formula is C14H20F2O2. The van der Waals surface area contributed by atoms with E-state index in [1.807, 2.05) is 32.0 Å². The van der Waals surface area contributed by atoms with Gasteiger partial charge in [0.2, 0.25) is 0 Å². The van der Waals surface area contributed by atoms with E-state index in [1.54, 1.807) is 0 Å². The highest BCUT2D eigenvalue weighted by atomic mass is 19.3. The van der Waals surface area contributed by atoms with Gasteiger partial charge < -0.3 is 9.84 Å². The molecule has 1 rings (SSSR count). The molecule has 1 aromatic rings. The summed E-state index contributed by atoms with van der Waals surface area (Å²) in [7, 11) is 0. The minimum Gasteiger partial charge on any atom is -0.393 e. The lowest BCUT2D eigenvalue weighted by Gasteiger charge is -2.12. The van der Waals surface area contributed by atoms with Crippen molar-refractivity contribution >= 4 is 0 Å². The van der Waals surface area contributed by atoms with Gasteiger partial charge in [-0.3, -0.25) is 0 Å². The summed E-state index contributed by atoms with van der Waals surface area (Å²) in [5.74, 6) is 0. The Hall–Kier alpha value is -1.00. The van der Waals surface area contributed by atoms with Gasteiger partial charge >= 0.3 is 0 Å². The summed E-state index contributed by atoms with van der Waals surface area (Å²) in [5, 5.41) is 9.76. The van der Waals surface area contributed by atoms with Gasteiger partial charge in [0.05, 0.1) is 6.10 Å². The van der Waals surface area contributed by atoms with Gasteiger partial charge in [0.15, 0.2) is 0 Å². The molecule has 1 N–H and O–H groups in total. The highest BCUT2D eigenvalue weighted by Crippen LogP contribution is 2.12. The molecule has 18 heavy (non-hydrogen) atoms. The van der Waals surface area contributed by atoms with E-state index in [9.17, 15) is 13.9 Å². The number of rotatable bonds is 7. The van der Waals surface area contributed by atoms with E-state index in [-0.39, 0.29) is 6.61 Å². The first-order valence-corrected chi connectivity index (χ1v) is 6.09. The molecule has 0 saturated heterocycles. The zero-order valence-electron chi connectivity index (χ0n) is 10.8. The van der Waals surface area contributed by atoms with Crippen molar-refractivity contribution in [1.82, 2.24) is 0 Å². The third kappa shape index (κ3) is 5.56. The monoisotopic (exact) mass is 258 g/mol. The van der Waals surface area contributed by atoms with Crippen LogP contribution < -0.4 is 0 Å². The summed E-state index contributed by atoms with van der Waals surface area (Å²) in [6, 6.07) is 6.04. The molecule has 0 radical (unpaired) electrons. The van der Waals surface area contributed by atoms with Crippen molar-refractivity contribution in [3.63, 3.8) is 0 Å². The maximum absolute atomic E-state index is 11.8. The van der Waals surface area contributed by atoms with E-state index in [2.05, 4.69) is 0 Å². The number of hydrogen-bond donors (Lipinski definition) is 1. The zero-order valence-corrected chi connectivity index (χ0v) is 10.8. The molecule has 0 aliphatic rings. The van der Waals surface area contributed by atoms with Crippen LogP contribution in [0.1, 0.15) is 23.1 Å². The van der Waals surface area contributed by atoms with Crippen molar-refractivity contribution in [2.24, 2.45) is 0 Å². The fraction of sp³-hybridized carbons (Fsp3) is 0.571. The molecule has 2 nitrogen and oxygen atoms in total. The fourth-order valence-electron chi connectivity index (χ4n) is 1.70. The summed E-state index contributed by atoms with van der Waals surface area (Å²) >= 11 is 0. The van der Waals surface area contributed by atoms with Gasteiger partial charge in [-0.1, -0.05) is 18.2 Å². The summed E-state index contributed by atoms with van der Waals surface area (Å²) in [6.07, 6.45) is -2.09. The number of hydrogen-bond acceptors (Lipinski definition) is 2. The molecule has 102 valence electrons. The van der Waals surface area contributed by atoms with E-state index >= 15 is 0 Å². The Kier molecular flexibility index (Phi) is 6.22. The lowest BCUT2D eigenvalue weighted by atomic mass is 10.0. The van der Waals surface area contributed by atoms with Gasteiger partial charge in [0, 0.05) is 6.61 Å². The lowest BCUT2D eigenvalue weighted by Crippen LogP contribution is -2.15. The highest BCUT2D eigenvalue weighted by molar-refractivity contribution is 5.30. The molecule has 0 saturated carbocycles. The van der Waals surface area contributed by atoms with Crippen LogP contribution in [0.15, 0.2) is 18.2 Å². The molecule has 0 heterocycles. The summed E-state index contributed by atoms with van der Waals surface area (Å²) in [6.45, 7) is 3.66. The molecule has 0 amide bonds. The van der Waals surface area contributed by atoms with Gasteiger partial charge in [-0.15, -0.1) is 0 Å². The molecule has 0 fully saturated rings. The van der Waals surface area contributed by atoms with Crippen LogP contribution >= 0.6 is 0 Å². The molecule has 0 spiro atoms. The number of halogens is 2. The van der Waals surface area contributed by atoms with Gasteiger partial charge in [0.25, 0.3) is 6.43 Å². The molecule has 1 atom stereocenters. The first kappa shape index (κ1) is 15.1. The predicted octanol–water partition coefficient (Wildman–Crippen LogP) is 2.88. The topological polar surface area (TPSA) is 29.5 Å². The molecule has 1 unspecified atom stereocenters. The molecule has 0 aliphatic heterocycles. The number of benzene rings is 1. The largest absolute Gasteiger partial charge is 0.393 e. The fourth-order valence-corrected chi connectivity index (χ4v) is 1.70. The first-order valence-electron chi connectivity index (χ1n) is 6.09. The van der Waals surface area contributed by atoms with E-state index in [0.717, 1.165) is 5.56 Å². The van der Waals surface area contributed by atoms with Gasteiger partial charge in [-0.05, 0) is 43.4 Å². The number of aliphatic hydroxyl groups excluding tert-OH is 1. The number of aliphatic hydroxyl groups is 1. The van der Waals surface area contributed by atoms with Crippen LogP contribution in [0.5, 0.6) is 0 Å². The smallest absolute Gasteiger partial charge is 0.261 e. The summed E-state index contributed by atoms with van der Waals surface area (Å²) in [5.41, 5.74) is 3.46. The van der Waals surface area contributed by atoms with Crippen LogP contribution in [0, 0.1) is 13.8 Å². The second-order valence-electron chi connectivity index (χ2n) is 4.53. The minimum absolute atomic E-state index is 0.163. The van der Waals surface area contributed by atoms with Crippen molar-refractivity contribution in [3.05, 3.63) is 34.9 Å². The zero-order chi connectivity index (χ0) is 13.5. The van der Waals surface area contributed by atoms with Crippen molar-refractivity contribution in [1.29, 1.82) is 0 Å². The molecule has 0 aromatic heterocycles. The maximum atomic E-state index is 11.8. The Morgan fingerprint density at radius 2 is 1.94 bits per heavy atom. The average Bonchev–Trinajstić information content (AvgIpc) is 2.29. The predicted molar refractivity (Wildman–Crippen MR) is 67.1 cm³/mol. The Labute approximate surface area is 107 Å². The highest BCUT2D eigenvalue weighted by Gasteiger charge is 2.08. The molecule has 0 aliphatic carbocycles. The average molecular weight is 258 g/mol. The SMILES string of the molecule is Cc1ccc(CC(O)CCOCC(F)F)cc1C. The molecule has 4 heteroatoms. The lowest BCUT2D eigenvalue weighted by molar-refractivity contribution is 0.00512. The summed E-state index contributed by atoms with van der Waals surface area (Å²) < 4.78 is 28.3. The van der Waals surface area contributed by atoms with Crippen molar-refractivity contribution in [2.75, 3.05) is 13.2 Å². The third-order valence-corrected chi connectivity index (χ3v) is 2.88. The minimum atomic E-state index is -2.44. The number of ether oxygens (including phenoxy) is 1. The van der Waals surface area contributed by atoms with Gasteiger partial charge in [0.1, 0.15) is 6.61 Å². The van der Waals surface area contributed by atoms with Crippen LogP contribution in [0.4, 0.5) is 8.78 Å². The van der Waals surface area contributed by atoms with Crippen molar-refractivity contribution in [2.45, 2.75) is 39.2 Å². The van der Waals surface area contributed by atoms with Crippen LogP contribution in [0.2, 0.25) is 0 Å². The Morgan fingerprint density at radius 1 is 1.22 bits per heavy atom. The molecule has 1 aromatic carbocycles. The van der Waals surface area contributed by atoms with E-state index in [0.29, 0.717) is 12.8 Å². The standard InChI is InChI=1S/C14H20F2O2/c1-10-3-4-12(7-11(10)2)8-13(17)5-6-18-9-14(15)16/h3-4,7,13-14,17H,5-6,8-9H2,1-2H3. The van der Waals surface area contributed by atoms with E-state index in [4.69, 9.17) is 4.74 Å². The summed E-state index contributed by atoms with van der Waals surface area (Å²) in [4.78, 5) is 0. The third-order valence-electron chi connectivity index (χ3n) is 2.88.